The molecule has 0 aromatic carbocycles. The summed E-state index contributed by atoms with van der Waals surface area (Å²) in [6.45, 7) is 5.88. The molecule has 3 rings (SSSR count). The van der Waals surface area contributed by atoms with E-state index in [9.17, 15) is 9.59 Å². The van der Waals surface area contributed by atoms with E-state index in [2.05, 4.69) is 16.9 Å². The zero-order valence-electron chi connectivity index (χ0n) is 13.8. The van der Waals surface area contributed by atoms with Crippen LogP contribution in [-0.2, 0) is 11.3 Å². The molecule has 0 saturated heterocycles. The molecule has 130 valence electrons. The van der Waals surface area contributed by atoms with Crippen LogP contribution in [0.15, 0.2) is 45.5 Å². The van der Waals surface area contributed by atoms with Crippen molar-refractivity contribution in [2.24, 2.45) is 0 Å². The Balaban J connectivity index is 2.16. The molecule has 3 aromatic heterocycles. The summed E-state index contributed by atoms with van der Waals surface area (Å²) in [7, 11) is 1.60. The summed E-state index contributed by atoms with van der Waals surface area (Å²) in [5.74, 6) is -0.102. The van der Waals surface area contributed by atoms with Crippen molar-refractivity contribution in [3.8, 4) is 10.4 Å². The molecular weight excluding hydrogens is 374 g/mol. The van der Waals surface area contributed by atoms with Crippen molar-refractivity contribution in [2.45, 2.75) is 23.9 Å². The fourth-order valence-electron chi connectivity index (χ4n) is 2.41. The number of thioether (sulfide) groups is 1. The molecule has 3 aromatic rings. The number of aromatic nitrogens is 2. The second kappa shape index (κ2) is 7.55. The minimum Gasteiger partial charge on any atom is -0.358 e. The summed E-state index contributed by atoms with van der Waals surface area (Å²) in [6, 6.07) is 3.97. The van der Waals surface area contributed by atoms with Crippen molar-refractivity contribution in [1.29, 1.82) is 0 Å². The number of carbonyl (C=O) groups excluding carboxylic acids is 1. The van der Waals surface area contributed by atoms with Gasteiger partial charge in [-0.25, -0.2) is 4.98 Å². The van der Waals surface area contributed by atoms with E-state index in [1.807, 2.05) is 22.9 Å². The van der Waals surface area contributed by atoms with Gasteiger partial charge >= 0.3 is 0 Å². The Labute approximate surface area is 157 Å². The quantitative estimate of drug-likeness (QED) is 0.396. The number of amides is 1. The number of hydrogen-bond acceptors (Lipinski definition) is 6. The Kier molecular flexibility index (Phi) is 5.41. The predicted molar refractivity (Wildman–Crippen MR) is 107 cm³/mol. The molecule has 0 bridgehead atoms. The van der Waals surface area contributed by atoms with Crippen LogP contribution in [0.5, 0.6) is 0 Å². The Hall–Kier alpha value is -1.90. The van der Waals surface area contributed by atoms with Gasteiger partial charge in [-0.15, -0.1) is 29.3 Å². The molecule has 8 heteroatoms. The van der Waals surface area contributed by atoms with Crippen LogP contribution in [-0.4, -0.2) is 27.8 Å². The van der Waals surface area contributed by atoms with E-state index >= 15 is 0 Å². The van der Waals surface area contributed by atoms with Crippen molar-refractivity contribution in [3.05, 3.63) is 45.9 Å². The van der Waals surface area contributed by atoms with Gasteiger partial charge in [0.15, 0.2) is 5.16 Å². The third kappa shape index (κ3) is 3.42. The van der Waals surface area contributed by atoms with E-state index in [1.165, 1.54) is 23.1 Å². The number of nitrogens with zero attached hydrogens (tertiary/aromatic N) is 2. The van der Waals surface area contributed by atoms with Gasteiger partial charge in [-0.1, -0.05) is 23.9 Å². The maximum absolute atomic E-state index is 13.1. The van der Waals surface area contributed by atoms with Crippen molar-refractivity contribution >= 4 is 50.6 Å². The summed E-state index contributed by atoms with van der Waals surface area (Å²) < 4.78 is 1.59. The van der Waals surface area contributed by atoms with E-state index in [0.29, 0.717) is 21.9 Å². The fourth-order valence-corrected chi connectivity index (χ4v) is 5.19. The Bertz CT molecular complexity index is 973. The minimum atomic E-state index is -0.345. The largest absolute Gasteiger partial charge is 0.358 e. The highest BCUT2D eigenvalue weighted by Crippen LogP contribution is 2.35. The van der Waals surface area contributed by atoms with Crippen molar-refractivity contribution < 1.29 is 4.79 Å². The SMILES string of the molecule is C=CCn1c(SC(C)C(=O)NC)nc2scc(-c3cccs3)c2c1=O. The average molecular weight is 392 g/mol. The molecule has 25 heavy (non-hydrogen) atoms. The molecule has 5 nitrogen and oxygen atoms in total. The number of nitrogens with one attached hydrogen (secondary N) is 1. The van der Waals surface area contributed by atoms with E-state index in [1.54, 1.807) is 36.0 Å². The molecule has 1 N–H and O–H groups in total. The van der Waals surface area contributed by atoms with Crippen LogP contribution in [0.2, 0.25) is 0 Å². The first-order valence-corrected chi connectivity index (χ1v) is 10.3. The summed E-state index contributed by atoms with van der Waals surface area (Å²) in [5, 5.41) is 7.40. The summed E-state index contributed by atoms with van der Waals surface area (Å²) in [4.78, 5) is 31.3. The molecule has 0 aliphatic carbocycles. The van der Waals surface area contributed by atoms with E-state index in [-0.39, 0.29) is 16.7 Å². The number of thiophene rings is 2. The van der Waals surface area contributed by atoms with Gasteiger partial charge in [0, 0.05) is 29.4 Å². The van der Waals surface area contributed by atoms with Crippen molar-refractivity contribution in [2.75, 3.05) is 7.05 Å². The van der Waals surface area contributed by atoms with Gasteiger partial charge in [-0.05, 0) is 18.4 Å². The van der Waals surface area contributed by atoms with Gasteiger partial charge in [0.25, 0.3) is 5.56 Å². The van der Waals surface area contributed by atoms with Crippen LogP contribution in [0, 0.1) is 0 Å². The third-order valence-corrected chi connectivity index (χ3v) is 6.52. The van der Waals surface area contributed by atoms with Gasteiger partial charge in [-0.2, -0.15) is 0 Å². The molecule has 1 atom stereocenters. The molecular formula is C17H17N3O2S3. The normalized spacial score (nSPS) is 12.2. The first-order valence-electron chi connectivity index (χ1n) is 7.61. The highest BCUT2D eigenvalue weighted by molar-refractivity contribution is 8.00. The zero-order valence-corrected chi connectivity index (χ0v) is 16.3. The molecule has 0 fully saturated rings. The Morgan fingerprint density at radius 3 is 2.96 bits per heavy atom. The lowest BCUT2D eigenvalue weighted by Crippen LogP contribution is -2.29. The van der Waals surface area contributed by atoms with Crippen LogP contribution in [0.4, 0.5) is 0 Å². The highest BCUT2D eigenvalue weighted by atomic mass is 32.2. The van der Waals surface area contributed by atoms with E-state index in [0.717, 1.165) is 10.4 Å². The standard InChI is InChI=1S/C17H17N3O2S3/c1-4-7-20-16(22)13-11(12-6-5-8-23-12)9-24-15(13)19-17(20)25-10(2)14(21)18-3/h4-6,8-10H,1,7H2,2-3H3,(H,18,21). The first kappa shape index (κ1) is 17.9. The molecule has 0 aliphatic heterocycles. The van der Waals surface area contributed by atoms with E-state index < -0.39 is 0 Å². The number of hydrogen-bond donors (Lipinski definition) is 1. The van der Waals surface area contributed by atoms with Crippen molar-refractivity contribution in [1.82, 2.24) is 14.9 Å². The fraction of sp³-hybridized carbons (Fsp3) is 0.235. The van der Waals surface area contributed by atoms with Crippen LogP contribution in [0.1, 0.15) is 6.92 Å². The molecule has 0 radical (unpaired) electrons. The van der Waals surface area contributed by atoms with Gasteiger partial charge in [0.05, 0.1) is 10.6 Å². The first-order chi connectivity index (χ1) is 12.1. The average Bonchev–Trinajstić information content (AvgIpc) is 3.26. The number of allylic oxidation sites excluding steroid dienone is 1. The van der Waals surface area contributed by atoms with Gasteiger partial charge in [0.2, 0.25) is 5.91 Å². The van der Waals surface area contributed by atoms with Gasteiger partial charge in [0.1, 0.15) is 4.83 Å². The highest BCUT2D eigenvalue weighted by Gasteiger charge is 2.21. The van der Waals surface area contributed by atoms with Crippen LogP contribution in [0.3, 0.4) is 0 Å². The zero-order chi connectivity index (χ0) is 18.0. The Morgan fingerprint density at radius 1 is 1.52 bits per heavy atom. The monoisotopic (exact) mass is 391 g/mol. The number of fused-ring (bicyclic) bond motifs is 1. The van der Waals surface area contributed by atoms with E-state index in [4.69, 9.17) is 0 Å². The Morgan fingerprint density at radius 2 is 2.32 bits per heavy atom. The molecule has 1 amide bonds. The maximum Gasteiger partial charge on any atom is 0.263 e. The number of rotatable bonds is 6. The smallest absolute Gasteiger partial charge is 0.263 e. The lowest BCUT2D eigenvalue weighted by atomic mass is 10.2. The topological polar surface area (TPSA) is 64.0 Å². The lowest BCUT2D eigenvalue weighted by Gasteiger charge is -2.13. The lowest BCUT2D eigenvalue weighted by molar-refractivity contribution is -0.119. The van der Waals surface area contributed by atoms with Gasteiger partial charge < -0.3 is 5.32 Å². The molecule has 1 unspecified atom stereocenters. The third-order valence-electron chi connectivity index (χ3n) is 3.65. The van der Waals surface area contributed by atoms with Gasteiger partial charge in [-0.3, -0.25) is 14.2 Å². The molecule has 3 heterocycles. The van der Waals surface area contributed by atoms with Crippen LogP contribution < -0.4 is 10.9 Å². The predicted octanol–water partition coefficient (Wildman–Crippen LogP) is 3.60. The van der Waals surface area contributed by atoms with Crippen LogP contribution in [0.25, 0.3) is 20.7 Å². The summed E-state index contributed by atoms with van der Waals surface area (Å²) in [6.07, 6.45) is 1.67. The molecule has 0 aliphatic rings. The molecule has 0 saturated carbocycles. The maximum atomic E-state index is 13.1. The molecule has 0 spiro atoms. The minimum absolute atomic E-state index is 0.0962. The number of carbonyl (C=O) groups is 1. The second-order valence-electron chi connectivity index (χ2n) is 5.28. The van der Waals surface area contributed by atoms with Crippen LogP contribution >= 0.6 is 34.4 Å². The van der Waals surface area contributed by atoms with Crippen molar-refractivity contribution in [3.63, 3.8) is 0 Å². The summed E-state index contributed by atoms with van der Waals surface area (Å²) in [5.41, 5.74) is 0.822. The summed E-state index contributed by atoms with van der Waals surface area (Å²) >= 11 is 4.33. The second-order valence-corrected chi connectivity index (χ2v) is 8.39.